The van der Waals surface area contributed by atoms with Gasteiger partial charge in [0.05, 0.1) is 18.5 Å². The van der Waals surface area contributed by atoms with Crippen molar-refractivity contribution >= 4 is 12.0 Å². The molecule has 0 spiro atoms. The van der Waals surface area contributed by atoms with Crippen LogP contribution in [0.15, 0.2) is 18.6 Å². The molecule has 0 saturated carbocycles. The second-order valence-corrected chi connectivity index (χ2v) is 7.67. The van der Waals surface area contributed by atoms with Crippen LogP contribution >= 0.6 is 0 Å². The molecule has 0 aromatic carbocycles. The molecule has 0 radical (unpaired) electrons. The first-order valence-electron chi connectivity index (χ1n) is 9.05. The first-order valence-corrected chi connectivity index (χ1v) is 9.05. The Bertz CT molecular complexity index is 638. The van der Waals surface area contributed by atoms with Crippen LogP contribution in [-0.4, -0.2) is 57.2 Å². The molecule has 2 saturated heterocycles. The average Bonchev–Trinajstić information content (AvgIpc) is 3.10. The van der Waals surface area contributed by atoms with Crippen molar-refractivity contribution in [1.29, 1.82) is 0 Å². The zero-order valence-corrected chi connectivity index (χ0v) is 15.6. The van der Waals surface area contributed by atoms with Gasteiger partial charge in [-0.25, -0.2) is 9.86 Å². The fraction of sp³-hybridized carbons (Fsp3) is 0.667. The Morgan fingerprint density at radius 1 is 1.19 bits per heavy atom. The topological polar surface area (TPSA) is 84.9 Å². The van der Waals surface area contributed by atoms with Gasteiger partial charge in [0.25, 0.3) is 0 Å². The summed E-state index contributed by atoms with van der Waals surface area (Å²) < 4.78 is 5.40. The van der Waals surface area contributed by atoms with Crippen LogP contribution in [0.25, 0.3) is 0 Å². The third-order valence-corrected chi connectivity index (χ3v) is 4.54. The van der Waals surface area contributed by atoms with Gasteiger partial charge >= 0.3 is 6.09 Å². The van der Waals surface area contributed by atoms with Crippen LogP contribution in [0, 0.1) is 5.92 Å². The average molecular weight is 362 g/mol. The molecule has 0 N–H and O–H groups in total. The molecule has 8 heteroatoms. The Morgan fingerprint density at radius 2 is 1.92 bits per heavy atom. The van der Waals surface area contributed by atoms with Gasteiger partial charge in [0.1, 0.15) is 11.6 Å². The van der Waals surface area contributed by atoms with Crippen molar-refractivity contribution < 1.29 is 19.2 Å². The van der Waals surface area contributed by atoms with Crippen molar-refractivity contribution in [1.82, 2.24) is 19.9 Å². The molecule has 0 unspecified atom stereocenters. The Kier molecular flexibility index (Phi) is 5.41. The summed E-state index contributed by atoms with van der Waals surface area (Å²) in [5.41, 5.74) is 0.224. The van der Waals surface area contributed by atoms with Crippen LogP contribution in [0.1, 0.15) is 51.8 Å². The molecule has 0 aliphatic carbocycles. The molecule has 1 aromatic rings. The second-order valence-electron chi connectivity index (χ2n) is 7.67. The van der Waals surface area contributed by atoms with Gasteiger partial charge in [-0.15, -0.1) is 0 Å². The highest BCUT2D eigenvalue weighted by molar-refractivity contribution is 5.79. The van der Waals surface area contributed by atoms with Gasteiger partial charge in [-0.1, -0.05) is 0 Å². The Balaban J connectivity index is 1.57. The normalized spacial score (nSPS) is 21.7. The second kappa shape index (κ2) is 7.57. The lowest BCUT2D eigenvalue weighted by Gasteiger charge is -2.34. The number of carbonyl (C=O) groups excluding carboxylic acids is 2. The summed E-state index contributed by atoms with van der Waals surface area (Å²) in [7, 11) is 0. The van der Waals surface area contributed by atoms with Gasteiger partial charge in [-0.3, -0.25) is 19.6 Å². The molecule has 26 heavy (non-hydrogen) atoms. The minimum absolute atomic E-state index is 0.0398. The molecular formula is C18H26N4O4. The standard InChI is InChI=1S/C18H26N4O4/c1-18(2,3)26-17(24)21-9-4-13(5-10-21)16(23)22-15(6-11-25-22)14-12-19-7-8-20-14/h7-8,12-13,15H,4-6,9-11H2,1-3H3/t15-/m0/s1. The number of rotatable bonds is 2. The highest BCUT2D eigenvalue weighted by atomic mass is 16.7. The number of nitrogens with zero attached hydrogens (tertiary/aromatic N) is 4. The smallest absolute Gasteiger partial charge is 0.410 e. The van der Waals surface area contributed by atoms with Crippen LogP contribution in [0.3, 0.4) is 0 Å². The Morgan fingerprint density at radius 3 is 2.54 bits per heavy atom. The van der Waals surface area contributed by atoms with Gasteiger partial charge in [-0.05, 0) is 33.6 Å². The van der Waals surface area contributed by atoms with E-state index in [1.807, 2.05) is 20.8 Å². The number of hydrogen-bond acceptors (Lipinski definition) is 6. The largest absolute Gasteiger partial charge is 0.444 e. The lowest BCUT2D eigenvalue weighted by Crippen LogP contribution is -2.45. The van der Waals surface area contributed by atoms with E-state index in [0.29, 0.717) is 39.0 Å². The van der Waals surface area contributed by atoms with E-state index in [0.717, 1.165) is 5.69 Å². The molecule has 2 aliphatic rings. The van der Waals surface area contributed by atoms with Crippen LogP contribution in [0.2, 0.25) is 0 Å². The number of hydroxylamine groups is 2. The van der Waals surface area contributed by atoms with E-state index in [1.54, 1.807) is 23.5 Å². The highest BCUT2D eigenvalue weighted by Gasteiger charge is 2.38. The number of piperidine rings is 1. The Labute approximate surface area is 153 Å². The van der Waals surface area contributed by atoms with E-state index in [9.17, 15) is 9.59 Å². The minimum atomic E-state index is -0.517. The van der Waals surface area contributed by atoms with Gasteiger partial charge < -0.3 is 9.64 Å². The van der Waals surface area contributed by atoms with Crippen LogP contribution < -0.4 is 0 Å². The van der Waals surface area contributed by atoms with Gasteiger partial charge in [-0.2, -0.15) is 0 Å². The Hall–Kier alpha value is -2.22. The lowest BCUT2D eigenvalue weighted by molar-refractivity contribution is -0.183. The zero-order chi connectivity index (χ0) is 18.7. The number of carbonyl (C=O) groups is 2. The summed E-state index contributed by atoms with van der Waals surface area (Å²) in [5.74, 6) is -0.201. The fourth-order valence-corrected chi connectivity index (χ4v) is 3.25. The lowest BCUT2D eigenvalue weighted by atomic mass is 9.95. The van der Waals surface area contributed by atoms with Gasteiger partial charge in [0.2, 0.25) is 5.91 Å². The van der Waals surface area contributed by atoms with E-state index in [1.165, 1.54) is 5.06 Å². The first-order chi connectivity index (χ1) is 12.3. The number of ether oxygens (including phenoxy) is 1. The third kappa shape index (κ3) is 4.30. The molecule has 2 fully saturated rings. The maximum Gasteiger partial charge on any atom is 0.410 e. The van der Waals surface area contributed by atoms with Crippen molar-refractivity contribution in [2.45, 2.75) is 51.7 Å². The van der Waals surface area contributed by atoms with Gasteiger partial charge in [0.15, 0.2) is 0 Å². The highest BCUT2D eigenvalue weighted by Crippen LogP contribution is 2.32. The quantitative estimate of drug-likeness (QED) is 0.803. The fourth-order valence-electron chi connectivity index (χ4n) is 3.25. The molecule has 2 aliphatic heterocycles. The van der Waals surface area contributed by atoms with Crippen molar-refractivity contribution in [3.8, 4) is 0 Å². The third-order valence-electron chi connectivity index (χ3n) is 4.54. The summed E-state index contributed by atoms with van der Waals surface area (Å²) in [4.78, 5) is 40.7. The predicted octanol–water partition coefficient (Wildman–Crippen LogP) is 2.33. The van der Waals surface area contributed by atoms with Crippen molar-refractivity contribution in [2.75, 3.05) is 19.7 Å². The zero-order valence-electron chi connectivity index (χ0n) is 15.6. The van der Waals surface area contributed by atoms with E-state index in [-0.39, 0.29) is 24.0 Å². The monoisotopic (exact) mass is 362 g/mol. The number of hydrogen-bond donors (Lipinski definition) is 0. The van der Waals surface area contributed by atoms with Crippen molar-refractivity contribution in [3.05, 3.63) is 24.3 Å². The molecule has 1 aromatic heterocycles. The minimum Gasteiger partial charge on any atom is -0.444 e. The maximum atomic E-state index is 12.9. The van der Waals surface area contributed by atoms with E-state index in [2.05, 4.69) is 9.97 Å². The van der Waals surface area contributed by atoms with Crippen LogP contribution in [-0.2, 0) is 14.4 Å². The maximum absolute atomic E-state index is 12.9. The summed E-state index contributed by atoms with van der Waals surface area (Å²) >= 11 is 0. The van der Waals surface area contributed by atoms with E-state index < -0.39 is 5.60 Å². The molecule has 2 amide bonds. The molecule has 142 valence electrons. The molecule has 8 nitrogen and oxygen atoms in total. The molecular weight excluding hydrogens is 336 g/mol. The first kappa shape index (κ1) is 18.6. The summed E-state index contributed by atoms with van der Waals surface area (Å²) in [6.07, 6.45) is 6.49. The number of aromatic nitrogens is 2. The van der Waals surface area contributed by atoms with Crippen LogP contribution in [0.5, 0.6) is 0 Å². The molecule has 1 atom stereocenters. The SMILES string of the molecule is CC(C)(C)OC(=O)N1CCC(C(=O)N2OCC[C@H]2c2cnccn2)CC1. The van der Waals surface area contributed by atoms with E-state index >= 15 is 0 Å². The molecule has 0 bridgehead atoms. The number of likely N-dealkylation sites (tertiary alicyclic amines) is 1. The summed E-state index contributed by atoms with van der Waals surface area (Å²) in [6.45, 7) is 7.04. The van der Waals surface area contributed by atoms with Crippen LogP contribution in [0.4, 0.5) is 4.79 Å². The summed E-state index contributed by atoms with van der Waals surface area (Å²) in [5, 5.41) is 1.46. The summed E-state index contributed by atoms with van der Waals surface area (Å²) in [6, 6.07) is -0.194. The van der Waals surface area contributed by atoms with Crippen molar-refractivity contribution in [3.63, 3.8) is 0 Å². The van der Waals surface area contributed by atoms with Crippen molar-refractivity contribution in [2.24, 2.45) is 5.92 Å². The predicted molar refractivity (Wildman–Crippen MR) is 92.7 cm³/mol. The number of amides is 2. The molecule has 3 heterocycles. The van der Waals surface area contributed by atoms with Gasteiger partial charge in [0, 0.05) is 37.8 Å². The van der Waals surface area contributed by atoms with E-state index in [4.69, 9.17) is 9.57 Å². The molecule has 3 rings (SSSR count).